The van der Waals surface area contributed by atoms with Crippen LogP contribution in [-0.2, 0) is 14.4 Å². The van der Waals surface area contributed by atoms with E-state index in [9.17, 15) is 27.6 Å². The highest BCUT2D eigenvalue weighted by Crippen LogP contribution is 2.40. The summed E-state index contributed by atoms with van der Waals surface area (Å²) < 4.78 is 38.0. The first kappa shape index (κ1) is 21.2. The van der Waals surface area contributed by atoms with E-state index >= 15 is 0 Å². The van der Waals surface area contributed by atoms with E-state index in [-0.39, 0.29) is 12.3 Å². The lowest BCUT2D eigenvalue weighted by atomic mass is 9.88. The first-order valence-electron chi connectivity index (χ1n) is 7.12. The molecule has 9 heteroatoms. The Morgan fingerprint density at radius 2 is 1.61 bits per heavy atom. The Hall–Kier alpha value is -1.80. The molecule has 0 bridgehead atoms. The lowest BCUT2D eigenvalue weighted by molar-refractivity contribution is -0.213. The second-order valence-electron chi connectivity index (χ2n) is 6.42. The van der Waals surface area contributed by atoms with Crippen LogP contribution in [0.3, 0.4) is 0 Å². The van der Waals surface area contributed by atoms with E-state index in [4.69, 9.17) is 5.11 Å². The molecule has 0 unspecified atom stereocenters. The van der Waals surface area contributed by atoms with Crippen LogP contribution >= 0.6 is 0 Å². The fraction of sp³-hybridized carbons (Fsp3) is 0.786. The molecule has 134 valence electrons. The fourth-order valence-electron chi connectivity index (χ4n) is 1.68. The molecule has 3 N–H and O–H groups in total. The smallest absolute Gasteiger partial charge is 0.394 e. The van der Waals surface area contributed by atoms with Gasteiger partial charge in [0.25, 0.3) is 0 Å². The molecule has 0 heterocycles. The highest BCUT2D eigenvalue weighted by molar-refractivity contribution is 5.88. The summed E-state index contributed by atoms with van der Waals surface area (Å²) in [4.78, 5) is 34.1. The Balaban J connectivity index is 4.43. The molecule has 1 atom stereocenters. The maximum absolute atomic E-state index is 12.7. The number of nitrogens with one attached hydrogen (secondary N) is 2. The van der Waals surface area contributed by atoms with Crippen molar-refractivity contribution >= 4 is 17.8 Å². The van der Waals surface area contributed by atoms with E-state index in [0.717, 1.165) is 13.8 Å². The van der Waals surface area contributed by atoms with Crippen molar-refractivity contribution in [1.82, 2.24) is 10.6 Å². The second kappa shape index (κ2) is 8.16. The van der Waals surface area contributed by atoms with Crippen molar-refractivity contribution in [1.29, 1.82) is 0 Å². The highest BCUT2D eigenvalue weighted by Gasteiger charge is 2.48. The van der Waals surface area contributed by atoms with E-state index in [1.165, 1.54) is 0 Å². The number of halogens is 3. The molecule has 23 heavy (non-hydrogen) atoms. The molecule has 0 saturated heterocycles. The van der Waals surface area contributed by atoms with Crippen LogP contribution in [0.5, 0.6) is 0 Å². The summed E-state index contributed by atoms with van der Waals surface area (Å²) in [5, 5.41) is 13.2. The summed E-state index contributed by atoms with van der Waals surface area (Å²) in [5.41, 5.74) is -2.21. The van der Waals surface area contributed by atoms with E-state index in [0.29, 0.717) is 0 Å². The van der Waals surface area contributed by atoms with Crippen LogP contribution in [0.4, 0.5) is 13.2 Å². The summed E-state index contributed by atoms with van der Waals surface area (Å²) in [6.07, 6.45) is -5.16. The maximum atomic E-state index is 12.7. The average Bonchev–Trinajstić information content (AvgIpc) is 2.33. The molecule has 0 aliphatic rings. The summed E-state index contributed by atoms with van der Waals surface area (Å²) in [6, 6.07) is -1.11. The van der Waals surface area contributed by atoms with E-state index in [1.807, 2.05) is 0 Å². The largest absolute Gasteiger partial charge is 0.480 e. The Labute approximate surface area is 132 Å². The van der Waals surface area contributed by atoms with Gasteiger partial charge in [-0.1, -0.05) is 27.7 Å². The summed E-state index contributed by atoms with van der Waals surface area (Å²) in [6.45, 7) is 4.76. The van der Waals surface area contributed by atoms with Crippen LogP contribution < -0.4 is 10.6 Å². The van der Waals surface area contributed by atoms with Crippen LogP contribution in [0.1, 0.15) is 40.5 Å². The predicted molar refractivity (Wildman–Crippen MR) is 76.5 cm³/mol. The van der Waals surface area contributed by atoms with Crippen molar-refractivity contribution in [2.45, 2.75) is 52.8 Å². The molecule has 6 nitrogen and oxygen atoms in total. The number of carbonyl (C=O) groups is 3. The number of aliphatic carboxylic acids is 1. The molecule has 0 aliphatic heterocycles. The minimum atomic E-state index is -4.54. The number of alkyl halides is 3. The lowest BCUT2D eigenvalue weighted by Gasteiger charge is -2.26. The van der Waals surface area contributed by atoms with E-state index < -0.39 is 48.4 Å². The predicted octanol–water partition coefficient (Wildman–Crippen LogP) is 1.70. The van der Waals surface area contributed by atoms with E-state index in [2.05, 4.69) is 10.6 Å². The quantitative estimate of drug-likeness (QED) is 0.627. The van der Waals surface area contributed by atoms with Crippen molar-refractivity contribution in [3.63, 3.8) is 0 Å². The van der Waals surface area contributed by atoms with Gasteiger partial charge in [-0.2, -0.15) is 13.2 Å². The van der Waals surface area contributed by atoms with E-state index in [1.54, 1.807) is 13.8 Å². The molecule has 0 radical (unpaired) electrons. The Morgan fingerprint density at radius 1 is 1.09 bits per heavy atom. The van der Waals surface area contributed by atoms with Gasteiger partial charge in [-0.05, 0) is 12.3 Å². The zero-order chi connectivity index (χ0) is 18.4. The van der Waals surface area contributed by atoms with Crippen LogP contribution in [0.25, 0.3) is 0 Å². The van der Waals surface area contributed by atoms with Gasteiger partial charge in [-0.15, -0.1) is 0 Å². The van der Waals surface area contributed by atoms with Gasteiger partial charge in [0.2, 0.25) is 11.8 Å². The van der Waals surface area contributed by atoms with Gasteiger partial charge in [0.1, 0.15) is 6.04 Å². The molecule has 0 aliphatic carbocycles. The zero-order valence-electron chi connectivity index (χ0n) is 13.6. The molecule has 0 aromatic rings. The molecule has 0 fully saturated rings. The summed E-state index contributed by atoms with van der Waals surface area (Å²) >= 11 is 0. The Bertz CT molecular complexity index is 448. The monoisotopic (exact) mass is 340 g/mol. The topological polar surface area (TPSA) is 95.5 Å². The van der Waals surface area contributed by atoms with Gasteiger partial charge >= 0.3 is 12.1 Å². The number of carboxylic acids is 1. The van der Waals surface area contributed by atoms with Crippen molar-refractivity contribution in [2.24, 2.45) is 11.3 Å². The minimum Gasteiger partial charge on any atom is -0.480 e. The molecule has 0 aromatic carbocycles. The van der Waals surface area contributed by atoms with Crippen molar-refractivity contribution in [3.05, 3.63) is 0 Å². The standard InChI is InChI=1S/C14H23F3N2O4/c1-8(2)5-9(12(22)23)19-11(21)7-18-10(20)6-13(3,4)14(15,16)17/h8-9H,5-7H2,1-4H3,(H,18,20)(H,19,21)(H,22,23)/t9-/m0/s1. The zero-order valence-corrected chi connectivity index (χ0v) is 13.6. The maximum Gasteiger partial charge on any atom is 0.394 e. The first-order valence-corrected chi connectivity index (χ1v) is 7.12. The number of carboxylic acid groups (broad SMARTS) is 1. The third-order valence-electron chi connectivity index (χ3n) is 3.16. The molecule has 2 amide bonds. The fourth-order valence-corrected chi connectivity index (χ4v) is 1.68. The first-order chi connectivity index (χ1) is 10.3. The Morgan fingerprint density at radius 3 is 2.00 bits per heavy atom. The number of rotatable bonds is 8. The van der Waals surface area contributed by atoms with Gasteiger partial charge in [-0.3, -0.25) is 9.59 Å². The van der Waals surface area contributed by atoms with Crippen molar-refractivity contribution < 1.29 is 32.7 Å². The SMILES string of the molecule is CC(C)C[C@H](NC(=O)CNC(=O)CC(C)(C)C(F)(F)F)C(=O)O. The molecule has 0 saturated carbocycles. The molecule has 0 aromatic heterocycles. The molecular formula is C14H23F3N2O4. The summed E-state index contributed by atoms with van der Waals surface area (Å²) in [7, 11) is 0. The lowest BCUT2D eigenvalue weighted by Crippen LogP contribution is -2.47. The third-order valence-corrected chi connectivity index (χ3v) is 3.16. The van der Waals surface area contributed by atoms with Crippen molar-refractivity contribution in [3.8, 4) is 0 Å². The number of hydrogen-bond acceptors (Lipinski definition) is 3. The van der Waals surface area contributed by atoms with Gasteiger partial charge in [0.15, 0.2) is 0 Å². The second-order valence-corrected chi connectivity index (χ2v) is 6.42. The molecule has 0 spiro atoms. The minimum absolute atomic E-state index is 0.0265. The number of hydrogen-bond donors (Lipinski definition) is 3. The van der Waals surface area contributed by atoms with Gasteiger partial charge in [0.05, 0.1) is 12.0 Å². The normalized spacial score (nSPS) is 13.6. The van der Waals surface area contributed by atoms with Crippen LogP contribution in [-0.4, -0.2) is 41.7 Å². The molecule has 0 rings (SSSR count). The number of amides is 2. The van der Waals surface area contributed by atoms with Crippen LogP contribution in [0, 0.1) is 11.3 Å². The number of carbonyl (C=O) groups excluding carboxylic acids is 2. The summed E-state index contributed by atoms with van der Waals surface area (Å²) in [5.74, 6) is -2.88. The van der Waals surface area contributed by atoms with Gasteiger partial charge in [0, 0.05) is 6.42 Å². The third kappa shape index (κ3) is 7.85. The van der Waals surface area contributed by atoms with Crippen LogP contribution in [0.2, 0.25) is 0 Å². The van der Waals surface area contributed by atoms with Gasteiger partial charge < -0.3 is 15.7 Å². The molecular weight excluding hydrogens is 317 g/mol. The van der Waals surface area contributed by atoms with Crippen molar-refractivity contribution in [2.75, 3.05) is 6.54 Å². The average molecular weight is 340 g/mol. The Kier molecular flexibility index (Phi) is 7.53. The van der Waals surface area contributed by atoms with Gasteiger partial charge in [-0.25, -0.2) is 4.79 Å². The highest BCUT2D eigenvalue weighted by atomic mass is 19.4. The van der Waals surface area contributed by atoms with Crippen LogP contribution in [0.15, 0.2) is 0 Å².